The summed E-state index contributed by atoms with van der Waals surface area (Å²) >= 11 is 5.15. The molecule has 2 heterocycles. The van der Waals surface area contributed by atoms with Crippen LogP contribution in [-0.2, 0) is 13.0 Å². The van der Waals surface area contributed by atoms with Gasteiger partial charge < -0.3 is 5.73 Å². The van der Waals surface area contributed by atoms with E-state index in [2.05, 4.69) is 45.5 Å². The van der Waals surface area contributed by atoms with Crippen molar-refractivity contribution < 1.29 is 0 Å². The van der Waals surface area contributed by atoms with Crippen LogP contribution in [0, 0.1) is 6.92 Å². The first-order valence-electron chi connectivity index (χ1n) is 5.63. The number of nitrogens with zero attached hydrogens (tertiary/aromatic N) is 2. The Hall–Kier alpha value is -0.650. The van der Waals surface area contributed by atoms with E-state index in [0.29, 0.717) is 0 Å². The van der Waals surface area contributed by atoms with Crippen LogP contribution in [0.2, 0.25) is 0 Å². The molecule has 5 heteroatoms. The quantitative estimate of drug-likeness (QED) is 0.941. The number of hydrogen-bond donors (Lipinski definition) is 1. The molecule has 1 unspecified atom stereocenters. The van der Waals surface area contributed by atoms with Crippen molar-refractivity contribution in [3.05, 3.63) is 38.3 Å². The molecule has 0 bridgehead atoms. The summed E-state index contributed by atoms with van der Waals surface area (Å²) in [6.07, 6.45) is 0.835. The van der Waals surface area contributed by atoms with E-state index in [9.17, 15) is 0 Å². The molecule has 0 saturated carbocycles. The summed E-state index contributed by atoms with van der Waals surface area (Å²) in [4.78, 5) is 1.21. The van der Waals surface area contributed by atoms with Gasteiger partial charge in [-0.1, -0.05) is 0 Å². The molecule has 0 spiro atoms. The molecule has 1 atom stereocenters. The van der Waals surface area contributed by atoms with Crippen LogP contribution < -0.4 is 5.73 Å². The van der Waals surface area contributed by atoms with Crippen LogP contribution in [0.5, 0.6) is 0 Å². The van der Waals surface area contributed by atoms with Crippen molar-refractivity contribution in [2.75, 3.05) is 0 Å². The zero-order valence-electron chi connectivity index (χ0n) is 9.98. The van der Waals surface area contributed by atoms with E-state index in [4.69, 9.17) is 5.73 Å². The van der Waals surface area contributed by atoms with E-state index >= 15 is 0 Å². The maximum atomic E-state index is 6.22. The van der Waals surface area contributed by atoms with Crippen LogP contribution >= 0.6 is 27.3 Å². The molecular formula is C12H16BrN3S. The Morgan fingerprint density at radius 2 is 2.29 bits per heavy atom. The monoisotopic (exact) mass is 313 g/mol. The Morgan fingerprint density at radius 3 is 2.88 bits per heavy atom. The first-order chi connectivity index (χ1) is 8.10. The van der Waals surface area contributed by atoms with Crippen molar-refractivity contribution in [2.24, 2.45) is 5.73 Å². The highest BCUT2D eigenvalue weighted by molar-refractivity contribution is 9.10. The largest absolute Gasteiger partial charge is 0.323 e. The molecule has 2 aromatic heterocycles. The second-order valence-electron chi connectivity index (χ2n) is 4.07. The Balaban J connectivity index is 2.14. The van der Waals surface area contributed by atoms with Crippen LogP contribution in [0.15, 0.2) is 22.0 Å². The molecule has 0 aromatic carbocycles. The number of aromatic nitrogens is 2. The summed E-state index contributed by atoms with van der Waals surface area (Å²) in [7, 11) is 0. The van der Waals surface area contributed by atoms with Gasteiger partial charge in [-0.25, -0.2) is 0 Å². The minimum Gasteiger partial charge on any atom is -0.323 e. The standard InChI is InChI=1S/C12H16BrN3S/c1-3-16-10(4-8(2)15-16)6-11(14)12-5-9(13)7-17-12/h4-5,7,11H,3,6,14H2,1-2H3. The first-order valence-corrected chi connectivity index (χ1v) is 7.30. The number of thiophene rings is 1. The highest BCUT2D eigenvalue weighted by Gasteiger charge is 2.13. The Labute approximate surface area is 114 Å². The van der Waals surface area contributed by atoms with Gasteiger partial charge in [-0.3, -0.25) is 4.68 Å². The van der Waals surface area contributed by atoms with Crippen molar-refractivity contribution in [3.63, 3.8) is 0 Å². The van der Waals surface area contributed by atoms with E-state index < -0.39 is 0 Å². The van der Waals surface area contributed by atoms with Gasteiger partial charge in [0.1, 0.15) is 0 Å². The lowest BCUT2D eigenvalue weighted by molar-refractivity contribution is 0.590. The van der Waals surface area contributed by atoms with Crippen molar-refractivity contribution >= 4 is 27.3 Å². The van der Waals surface area contributed by atoms with Gasteiger partial charge in [0.15, 0.2) is 0 Å². The zero-order valence-corrected chi connectivity index (χ0v) is 12.4. The fraction of sp³-hybridized carbons (Fsp3) is 0.417. The molecule has 0 radical (unpaired) electrons. The number of halogens is 1. The SMILES string of the molecule is CCn1nc(C)cc1CC(N)c1cc(Br)cs1. The highest BCUT2D eigenvalue weighted by atomic mass is 79.9. The normalized spacial score (nSPS) is 12.9. The van der Waals surface area contributed by atoms with E-state index in [1.807, 2.05) is 11.6 Å². The van der Waals surface area contributed by atoms with E-state index in [1.165, 1.54) is 10.6 Å². The Bertz CT molecular complexity index is 504. The lowest BCUT2D eigenvalue weighted by atomic mass is 10.1. The molecule has 3 nitrogen and oxygen atoms in total. The molecule has 0 aliphatic heterocycles. The number of aryl methyl sites for hydroxylation is 2. The lowest BCUT2D eigenvalue weighted by Gasteiger charge is -2.10. The highest BCUT2D eigenvalue weighted by Crippen LogP contribution is 2.26. The van der Waals surface area contributed by atoms with E-state index in [1.54, 1.807) is 11.3 Å². The van der Waals surface area contributed by atoms with Crippen molar-refractivity contribution in [1.29, 1.82) is 0 Å². The predicted molar refractivity (Wildman–Crippen MR) is 75.3 cm³/mol. The maximum absolute atomic E-state index is 6.22. The number of rotatable bonds is 4. The predicted octanol–water partition coefficient (Wildman–Crippen LogP) is 3.28. The Kier molecular flexibility index (Phi) is 4.01. The fourth-order valence-electron chi connectivity index (χ4n) is 1.89. The molecule has 0 saturated heterocycles. The maximum Gasteiger partial charge on any atom is 0.0596 e. The van der Waals surface area contributed by atoms with Crippen LogP contribution in [0.3, 0.4) is 0 Å². The first kappa shape index (κ1) is 12.8. The number of nitrogens with two attached hydrogens (primary N) is 1. The van der Waals surface area contributed by atoms with Crippen LogP contribution in [0.25, 0.3) is 0 Å². The molecule has 2 N–H and O–H groups in total. The molecule has 17 heavy (non-hydrogen) atoms. The van der Waals surface area contributed by atoms with Crippen molar-refractivity contribution in [2.45, 2.75) is 32.9 Å². The topological polar surface area (TPSA) is 43.8 Å². The van der Waals surface area contributed by atoms with Gasteiger partial charge in [0.25, 0.3) is 0 Å². The van der Waals surface area contributed by atoms with E-state index in [0.717, 1.165) is 23.1 Å². The average Bonchev–Trinajstić information content (AvgIpc) is 2.85. The molecule has 0 aliphatic rings. The van der Waals surface area contributed by atoms with Gasteiger partial charge in [0.2, 0.25) is 0 Å². The molecular weight excluding hydrogens is 298 g/mol. The lowest BCUT2D eigenvalue weighted by Crippen LogP contribution is -2.15. The molecule has 92 valence electrons. The van der Waals surface area contributed by atoms with Crippen LogP contribution in [0.1, 0.15) is 29.2 Å². The summed E-state index contributed by atoms with van der Waals surface area (Å²) in [5.41, 5.74) is 8.49. The summed E-state index contributed by atoms with van der Waals surface area (Å²) in [5, 5.41) is 6.50. The molecule has 2 aromatic rings. The Morgan fingerprint density at radius 1 is 1.53 bits per heavy atom. The van der Waals surface area contributed by atoms with Gasteiger partial charge in [0.05, 0.1) is 5.69 Å². The third-order valence-electron chi connectivity index (χ3n) is 2.67. The van der Waals surface area contributed by atoms with Crippen molar-refractivity contribution in [3.8, 4) is 0 Å². The van der Waals surface area contributed by atoms with Crippen LogP contribution in [0.4, 0.5) is 0 Å². The summed E-state index contributed by atoms with van der Waals surface area (Å²) < 4.78 is 3.13. The minimum atomic E-state index is 0.0488. The molecule has 0 aliphatic carbocycles. The van der Waals surface area contributed by atoms with Gasteiger partial charge in [-0.15, -0.1) is 11.3 Å². The summed E-state index contributed by atoms with van der Waals surface area (Å²) in [6, 6.07) is 4.26. The van der Waals surface area contributed by atoms with Gasteiger partial charge in [0, 0.05) is 39.4 Å². The fourth-order valence-corrected chi connectivity index (χ4v) is 3.33. The smallest absolute Gasteiger partial charge is 0.0596 e. The minimum absolute atomic E-state index is 0.0488. The van der Waals surface area contributed by atoms with Gasteiger partial charge >= 0.3 is 0 Å². The molecule has 0 fully saturated rings. The second-order valence-corrected chi connectivity index (χ2v) is 5.93. The van der Waals surface area contributed by atoms with E-state index in [-0.39, 0.29) is 6.04 Å². The molecule has 2 rings (SSSR count). The zero-order chi connectivity index (χ0) is 12.4. The van der Waals surface area contributed by atoms with Gasteiger partial charge in [-0.2, -0.15) is 5.10 Å². The van der Waals surface area contributed by atoms with Crippen LogP contribution in [-0.4, -0.2) is 9.78 Å². The second kappa shape index (κ2) is 5.33. The van der Waals surface area contributed by atoms with Gasteiger partial charge in [-0.05, 0) is 41.9 Å². The average molecular weight is 314 g/mol. The molecule has 0 amide bonds. The third kappa shape index (κ3) is 2.97. The van der Waals surface area contributed by atoms with Crippen molar-refractivity contribution in [1.82, 2.24) is 9.78 Å². The number of hydrogen-bond acceptors (Lipinski definition) is 3. The third-order valence-corrected chi connectivity index (χ3v) is 4.49. The summed E-state index contributed by atoms with van der Waals surface area (Å²) in [6.45, 7) is 5.01. The summed E-state index contributed by atoms with van der Waals surface area (Å²) in [5.74, 6) is 0.